The zero-order valence-electron chi connectivity index (χ0n) is 18.8. The number of esters is 1. The number of imide groups is 1. The number of amides is 2. The van der Waals surface area contributed by atoms with Crippen molar-refractivity contribution in [2.75, 3.05) is 19.8 Å². The van der Waals surface area contributed by atoms with Crippen molar-refractivity contribution >= 4 is 28.0 Å². The molecule has 0 aromatic heterocycles. The van der Waals surface area contributed by atoms with E-state index in [0.717, 1.165) is 19.3 Å². The molecule has 2 amide bonds. The van der Waals surface area contributed by atoms with E-state index in [9.17, 15) is 22.8 Å². The van der Waals surface area contributed by atoms with E-state index in [-0.39, 0.29) is 33.9 Å². The Morgan fingerprint density at radius 2 is 1.88 bits per heavy atom. The molecule has 9 nitrogen and oxygen atoms in total. The Balaban J connectivity index is 1.71. The molecule has 1 aromatic rings. The molecule has 1 aromatic carbocycles. The number of ether oxygens (including phenoxy) is 2. The molecule has 2 bridgehead atoms. The van der Waals surface area contributed by atoms with Crippen LogP contribution < -0.4 is 5.32 Å². The molecule has 10 heteroatoms. The number of alkyl carbamates (subject to hydrolysis) is 1. The van der Waals surface area contributed by atoms with Gasteiger partial charge in [-0.1, -0.05) is 26.8 Å². The fourth-order valence-electron chi connectivity index (χ4n) is 5.14. The Morgan fingerprint density at radius 1 is 1.16 bits per heavy atom. The Morgan fingerprint density at radius 3 is 2.56 bits per heavy atom. The second kappa shape index (κ2) is 8.82. The van der Waals surface area contributed by atoms with Crippen LogP contribution in [0.3, 0.4) is 0 Å². The molecule has 2 atom stereocenters. The first-order valence-corrected chi connectivity index (χ1v) is 12.0. The molecule has 2 fully saturated rings. The van der Waals surface area contributed by atoms with Crippen LogP contribution in [0.25, 0.3) is 0 Å². The predicted molar refractivity (Wildman–Crippen MR) is 115 cm³/mol. The van der Waals surface area contributed by atoms with Crippen LogP contribution in [-0.2, 0) is 24.3 Å². The number of rotatable bonds is 6. The lowest BCUT2D eigenvalue weighted by Crippen LogP contribution is -2.37. The number of sulfonamides is 1. The van der Waals surface area contributed by atoms with Gasteiger partial charge in [0.15, 0.2) is 6.61 Å². The number of carbonyl (C=O) groups is 3. The summed E-state index contributed by atoms with van der Waals surface area (Å²) < 4.78 is 37.9. The van der Waals surface area contributed by atoms with E-state index in [1.807, 2.05) is 5.32 Å². The summed E-state index contributed by atoms with van der Waals surface area (Å²) in [6.45, 7) is 7.90. The monoisotopic (exact) mass is 466 g/mol. The molecule has 32 heavy (non-hydrogen) atoms. The van der Waals surface area contributed by atoms with Gasteiger partial charge in [0.1, 0.15) is 0 Å². The molecular weight excluding hydrogens is 436 g/mol. The molecule has 0 radical (unpaired) electrons. The summed E-state index contributed by atoms with van der Waals surface area (Å²) in [4.78, 5) is 35.2. The van der Waals surface area contributed by atoms with Gasteiger partial charge in [-0.05, 0) is 55.2 Å². The van der Waals surface area contributed by atoms with Crippen LogP contribution in [-0.4, -0.2) is 56.5 Å². The SMILES string of the molecule is CCOC(=O)NC(=O)COC(=O)c1cccc(S(=O)(=O)N2CC3(C)CC2CC(C)(C)C3)c1. The minimum atomic E-state index is -3.81. The van der Waals surface area contributed by atoms with E-state index >= 15 is 0 Å². The van der Waals surface area contributed by atoms with Crippen LogP contribution in [0, 0.1) is 10.8 Å². The predicted octanol–water partition coefficient (Wildman–Crippen LogP) is 2.71. The summed E-state index contributed by atoms with van der Waals surface area (Å²) in [5.41, 5.74) is 0.00347. The molecule has 3 rings (SSSR count). The second-order valence-electron chi connectivity index (χ2n) is 9.64. The largest absolute Gasteiger partial charge is 0.452 e. The Bertz CT molecular complexity index is 1020. The lowest BCUT2D eigenvalue weighted by molar-refractivity contribution is -0.123. The summed E-state index contributed by atoms with van der Waals surface area (Å²) in [6, 6.07) is 5.52. The number of nitrogens with one attached hydrogen (secondary N) is 1. The van der Waals surface area contributed by atoms with Crippen molar-refractivity contribution in [2.24, 2.45) is 10.8 Å². The maximum Gasteiger partial charge on any atom is 0.413 e. The Labute approximate surface area is 188 Å². The highest BCUT2D eigenvalue weighted by Crippen LogP contribution is 2.53. The van der Waals surface area contributed by atoms with Crippen molar-refractivity contribution < 1.29 is 32.3 Å². The Hall–Kier alpha value is -2.46. The van der Waals surface area contributed by atoms with E-state index in [1.54, 1.807) is 11.2 Å². The number of nitrogens with zero attached hydrogens (tertiary/aromatic N) is 1. The first-order valence-electron chi connectivity index (χ1n) is 10.6. The van der Waals surface area contributed by atoms with Gasteiger partial charge in [0, 0.05) is 12.6 Å². The average molecular weight is 467 g/mol. The molecule has 1 saturated carbocycles. The van der Waals surface area contributed by atoms with E-state index in [1.165, 1.54) is 24.3 Å². The number of carbonyl (C=O) groups excluding carboxylic acids is 3. The van der Waals surface area contributed by atoms with Crippen LogP contribution in [0.1, 0.15) is 57.3 Å². The van der Waals surface area contributed by atoms with Crippen LogP contribution in [0.5, 0.6) is 0 Å². The molecule has 1 heterocycles. The minimum Gasteiger partial charge on any atom is -0.452 e. The Kier molecular flexibility index (Phi) is 6.67. The van der Waals surface area contributed by atoms with E-state index in [0.29, 0.717) is 6.54 Å². The molecule has 1 aliphatic carbocycles. The van der Waals surface area contributed by atoms with Gasteiger partial charge >= 0.3 is 12.1 Å². The quantitative estimate of drug-likeness (QED) is 0.640. The summed E-state index contributed by atoms with van der Waals surface area (Å²) in [7, 11) is -3.81. The van der Waals surface area contributed by atoms with Gasteiger partial charge in [-0.15, -0.1) is 0 Å². The highest BCUT2D eigenvalue weighted by Gasteiger charge is 2.53. The lowest BCUT2D eigenvalue weighted by atomic mass is 9.65. The summed E-state index contributed by atoms with van der Waals surface area (Å²) in [5, 5.41) is 1.91. The fourth-order valence-corrected chi connectivity index (χ4v) is 6.96. The maximum absolute atomic E-state index is 13.4. The van der Waals surface area contributed by atoms with Gasteiger partial charge in [-0.3, -0.25) is 10.1 Å². The summed E-state index contributed by atoms with van der Waals surface area (Å²) in [5.74, 6) is -1.71. The zero-order valence-corrected chi connectivity index (χ0v) is 19.7. The van der Waals surface area contributed by atoms with Gasteiger partial charge in [0.2, 0.25) is 10.0 Å². The third-order valence-corrected chi connectivity index (χ3v) is 7.79. The summed E-state index contributed by atoms with van der Waals surface area (Å²) >= 11 is 0. The van der Waals surface area contributed by atoms with Crippen LogP contribution >= 0.6 is 0 Å². The lowest BCUT2D eigenvalue weighted by Gasteiger charge is -2.39. The first kappa shape index (κ1) is 24.2. The van der Waals surface area contributed by atoms with Crippen molar-refractivity contribution in [1.82, 2.24) is 9.62 Å². The molecule has 2 aliphatic rings. The maximum atomic E-state index is 13.4. The van der Waals surface area contributed by atoms with Crippen molar-refractivity contribution in [1.29, 1.82) is 0 Å². The van der Waals surface area contributed by atoms with Gasteiger partial charge in [-0.25, -0.2) is 18.0 Å². The van der Waals surface area contributed by atoms with E-state index < -0.39 is 34.6 Å². The molecule has 176 valence electrons. The third kappa shape index (κ3) is 5.29. The van der Waals surface area contributed by atoms with Gasteiger partial charge in [-0.2, -0.15) is 4.31 Å². The highest BCUT2D eigenvalue weighted by molar-refractivity contribution is 7.89. The third-order valence-electron chi connectivity index (χ3n) is 5.89. The van der Waals surface area contributed by atoms with Crippen LogP contribution in [0.2, 0.25) is 0 Å². The smallest absolute Gasteiger partial charge is 0.413 e. The minimum absolute atomic E-state index is 0.00344. The normalized spacial score (nSPS) is 24.6. The standard InChI is InChI=1S/C22H30N2O7S/c1-5-30-20(27)23-18(25)12-31-19(26)15-7-6-8-17(9-15)32(28,29)24-14-22(4)11-16(24)10-21(2,3)13-22/h6-9,16H,5,10-14H2,1-4H3,(H,23,25,27). The van der Waals surface area contributed by atoms with E-state index in [2.05, 4.69) is 25.5 Å². The average Bonchev–Trinajstić information content (AvgIpc) is 2.95. The highest BCUT2D eigenvalue weighted by atomic mass is 32.2. The van der Waals surface area contributed by atoms with Crippen molar-refractivity contribution in [3.63, 3.8) is 0 Å². The number of fused-ring (bicyclic) bond motifs is 2. The van der Waals surface area contributed by atoms with Gasteiger partial charge < -0.3 is 9.47 Å². The number of hydrogen-bond acceptors (Lipinski definition) is 7. The second-order valence-corrected chi connectivity index (χ2v) is 11.5. The number of benzene rings is 1. The van der Waals surface area contributed by atoms with Crippen molar-refractivity contribution in [3.05, 3.63) is 29.8 Å². The van der Waals surface area contributed by atoms with Crippen molar-refractivity contribution in [2.45, 2.75) is 57.9 Å². The molecule has 2 unspecified atom stereocenters. The van der Waals surface area contributed by atoms with Crippen molar-refractivity contribution in [3.8, 4) is 0 Å². The van der Waals surface area contributed by atoms with Gasteiger partial charge in [0.05, 0.1) is 17.1 Å². The molecule has 1 aliphatic heterocycles. The van der Waals surface area contributed by atoms with Crippen LogP contribution in [0.4, 0.5) is 4.79 Å². The molecular formula is C22H30N2O7S. The number of hydrogen-bond donors (Lipinski definition) is 1. The zero-order chi connectivity index (χ0) is 23.7. The first-order chi connectivity index (χ1) is 14.8. The topological polar surface area (TPSA) is 119 Å². The van der Waals surface area contributed by atoms with Crippen LogP contribution in [0.15, 0.2) is 29.2 Å². The fraction of sp³-hybridized carbons (Fsp3) is 0.591. The van der Waals surface area contributed by atoms with Gasteiger partial charge in [0.25, 0.3) is 5.91 Å². The molecule has 0 spiro atoms. The molecule has 1 N–H and O–H groups in total. The summed E-state index contributed by atoms with van der Waals surface area (Å²) in [6.07, 6.45) is 1.64. The molecule has 1 saturated heterocycles. The van der Waals surface area contributed by atoms with E-state index in [4.69, 9.17) is 4.74 Å².